The van der Waals surface area contributed by atoms with Gasteiger partial charge < -0.3 is 0 Å². The summed E-state index contributed by atoms with van der Waals surface area (Å²) in [5, 5.41) is 2.62. The summed E-state index contributed by atoms with van der Waals surface area (Å²) in [5.74, 6) is 0.181. The van der Waals surface area contributed by atoms with Gasteiger partial charge in [0.25, 0.3) is 0 Å². The van der Waals surface area contributed by atoms with Crippen molar-refractivity contribution >= 4 is 38.2 Å². The molecule has 4 heteroatoms. The molecule has 2 nitrogen and oxygen atoms in total. The van der Waals surface area contributed by atoms with Crippen LogP contribution in [0, 0.1) is 12.3 Å². The fourth-order valence-electron chi connectivity index (χ4n) is 4.17. The SMILES string of the molecule is CC1=C(c2ccc(C)cc2)N(Cc2ccccc2Cl)C(=O)C1(C)C[Se]Cc1ccccc1. The van der Waals surface area contributed by atoms with Crippen molar-refractivity contribution < 1.29 is 4.79 Å². The first-order valence-electron chi connectivity index (χ1n) is 10.9. The molecule has 0 saturated heterocycles. The van der Waals surface area contributed by atoms with Crippen molar-refractivity contribution in [2.45, 2.75) is 38.0 Å². The number of aryl methyl sites for hydroxylation is 1. The quantitative estimate of drug-likeness (QED) is 0.323. The van der Waals surface area contributed by atoms with Gasteiger partial charge in [0.15, 0.2) is 0 Å². The van der Waals surface area contributed by atoms with Crippen LogP contribution in [-0.4, -0.2) is 25.8 Å². The first-order chi connectivity index (χ1) is 15.4. The predicted octanol–water partition coefficient (Wildman–Crippen LogP) is 6.75. The Morgan fingerprint density at radius 3 is 2.25 bits per heavy atom. The van der Waals surface area contributed by atoms with Gasteiger partial charge in [-0.1, -0.05) is 0 Å². The fourth-order valence-corrected chi connectivity index (χ4v) is 7.05. The van der Waals surface area contributed by atoms with Crippen LogP contribution in [0.5, 0.6) is 0 Å². The number of halogens is 1. The van der Waals surface area contributed by atoms with Gasteiger partial charge in [0.2, 0.25) is 0 Å². The van der Waals surface area contributed by atoms with Crippen LogP contribution in [-0.2, 0) is 16.7 Å². The number of amides is 1. The predicted molar refractivity (Wildman–Crippen MR) is 135 cm³/mol. The van der Waals surface area contributed by atoms with E-state index in [1.807, 2.05) is 35.2 Å². The Labute approximate surface area is 202 Å². The average Bonchev–Trinajstić information content (AvgIpc) is 2.98. The molecule has 164 valence electrons. The van der Waals surface area contributed by atoms with Crippen LogP contribution in [0.15, 0.2) is 84.4 Å². The van der Waals surface area contributed by atoms with E-state index in [9.17, 15) is 4.79 Å². The maximum atomic E-state index is 13.9. The topological polar surface area (TPSA) is 20.3 Å². The van der Waals surface area contributed by atoms with Crippen molar-refractivity contribution in [3.63, 3.8) is 0 Å². The molecule has 0 N–H and O–H groups in total. The molecule has 0 saturated carbocycles. The normalized spacial score (nSPS) is 18.5. The van der Waals surface area contributed by atoms with E-state index in [4.69, 9.17) is 11.6 Å². The van der Waals surface area contributed by atoms with Gasteiger partial charge in [-0.2, -0.15) is 0 Å². The van der Waals surface area contributed by atoms with Crippen molar-refractivity contribution in [2.24, 2.45) is 5.41 Å². The minimum atomic E-state index is -0.490. The second-order valence-electron chi connectivity index (χ2n) is 8.63. The second-order valence-corrected chi connectivity index (χ2v) is 11.1. The molecule has 32 heavy (non-hydrogen) atoms. The number of carbonyl (C=O) groups excluding carboxylic acids is 1. The van der Waals surface area contributed by atoms with Gasteiger partial charge in [-0.15, -0.1) is 0 Å². The van der Waals surface area contributed by atoms with Gasteiger partial charge in [0, 0.05) is 0 Å². The van der Waals surface area contributed by atoms with Crippen LogP contribution in [0.25, 0.3) is 5.70 Å². The molecule has 0 fully saturated rings. The third-order valence-electron chi connectivity index (χ3n) is 6.28. The summed E-state index contributed by atoms with van der Waals surface area (Å²) in [4.78, 5) is 15.9. The van der Waals surface area contributed by atoms with E-state index in [0.29, 0.717) is 26.5 Å². The summed E-state index contributed by atoms with van der Waals surface area (Å²) in [6.45, 7) is 6.83. The van der Waals surface area contributed by atoms with Crippen molar-refractivity contribution in [2.75, 3.05) is 0 Å². The van der Waals surface area contributed by atoms with Crippen LogP contribution in [0.2, 0.25) is 10.3 Å². The van der Waals surface area contributed by atoms with Gasteiger partial charge in [-0.3, -0.25) is 0 Å². The molecule has 0 spiro atoms. The van der Waals surface area contributed by atoms with Gasteiger partial charge >= 0.3 is 203 Å². The van der Waals surface area contributed by atoms with E-state index in [1.54, 1.807) is 0 Å². The molecule has 1 unspecified atom stereocenters. The molecule has 1 aliphatic heterocycles. The van der Waals surface area contributed by atoms with Crippen molar-refractivity contribution in [1.29, 1.82) is 0 Å². The molecule has 0 bridgehead atoms. The molecule has 1 aliphatic rings. The van der Waals surface area contributed by atoms with Crippen LogP contribution >= 0.6 is 11.6 Å². The molecule has 1 amide bonds. The molecular weight excluding hydrogens is 481 g/mol. The fraction of sp³-hybridized carbons (Fsp3) is 0.250. The van der Waals surface area contributed by atoms with Gasteiger partial charge in [-0.25, -0.2) is 0 Å². The van der Waals surface area contributed by atoms with Crippen LogP contribution < -0.4 is 0 Å². The Kier molecular flexibility index (Phi) is 6.90. The van der Waals surface area contributed by atoms with E-state index < -0.39 is 5.41 Å². The van der Waals surface area contributed by atoms with Gasteiger partial charge in [0.05, 0.1) is 0 Å². The summed E-state index contributed by atoms with van der Waals surface area (Å²) in [7, 11) is 0. The number of carbonyl (C=O) groups is 1. The van der Waals surface area contributed by atoms with Crippen molar-refractivity contribution in [3.05, 3.63) is 112 Å². The van der Waals surface area contributed by atoms with Crippen molar-refractivity contribution in [1.82, 2.24) is 4.90 Å². The molecule has 4 rings (SSSR count). The van der Waals surface area contributed by atoms with E-state index in [0.717, 1.165) is 33.0 Å². The third kappa shape index (κ3) is 4.57. The van der Waals surface area contributed by atoms with E-state index in [-0.39, 0.29) is 5.91 Å². The Bertz CT molecular complexity index is 1140. The zero-order valence-electron chi connectivity index (χ0n) is 18.8. The molecule has 0 aromatic heterocycles. The Hall–Kier alpha value is -2.32. The zero-order valence-corrected chi connectivity index (χ0v) is 21.2. The molecule has 1 atom stereocenters. The van der Waals surface area contributed by atoms with E-state index in [2.05, 4.69) is 69.3 Å². The molecule has 0 aliphatic carbocycles. The summed E-state index contributed by atoms with van der Waals surface area (Å²) >= 11 is 6.80. The molecule has 3 aromatic carbocycles. The minimum absolute atomic E-state index is 0.181. The summed E-state index contributed by atoms with van der Waals surface area (Å²) in [5.41, 5.74) is 6.32. The summed E-state index contributed by atoms with van der Waals surface area (Å²) in [6.07, 6.45) is 0. The molecule has 1 heterocycles. The maximum absolute atomic E-state index is 13.9. The zero-order chi connectivity index (χ0) is 22.7. The van der Waals surface area contributed by atoms with Gasteiger partial charge in [0.1, 0.15) is 0 Å². The van der Waals surface area contributed by atoms with Crippen molar-refractivity contribution in [3.8, 4) is 0 Å². The first kappa shape index (κ1) is 22.9. The number of benzene rings is 3. The Morgan fingerprint density at radius 2 is 1.56 bits per heavy atom. The Balaban J connectivity index is 1.67. The molecular formula is C28H28ClNOSe. The first-order valence-corrected chi connectivity index (χ1v) is 13.7. The number of nitrogens with zero attached hydrogens (tertiary/aromatic N) is 1. The summed E-state index contributed by atoms with van der Waals surface area (Å²) < 4.78 is 0. The van der Waals surface area contributed by atoms with E-state index >= 15 is 0 Å². The molecule has 3 aromatic rings. The molecule has 0 radical (unpaired) electrons. The van der Waals surface area contributed by atoms with Gasteiger partial charge in [-0.05, 0) is 0 Å². The number of rotatable bonds is 7. The monoisotopic (exact) mass is 509 g/mol. The Morgan fingerprint density at radius 1 is 0.906 bits per heavy atom. The second kappa shape index (κ2) is 9.67. The number of hydrogen-bond donors (Lipinski definition) is 0. The average molecular weight is 509 g/mol. The van der Waals surface area contributed by atoms with Crippen LogP contribution in [0.4, 0.5) is 0 Å². The standard InChI is InChI=1S/C28H28ClNOSe/c1-20-13-15-23(16-14-20)26-21(2)28(3,19-32-18-22-9-5-4-6-10-22)27(31)30(26)17-24-11-7-8-12-25(24)29/h4-16H,17-19H2,1-3H3. The third-order valence-corrected chi connectivity index (χ3v) is 9.42. The van der Waals surface area contributed by atoms with E-state index in [1.165, 1.54) is 11.1 Å². The van der Waals surface area contributed by atoms with Crippen LogP contribution in [0.3, 0.4) is 0 Å². The summed E-state index contributed by atoms with van der Waals surface area (Å²) in [6, 6.07) is 26.8. The van der Waals surface area contributed by atoms with Crippen LogP contribution in [0.1, 0.15) is 36.1 Å². The number of hydrogen-bond acceptors (Lipinski definition) is 1.